The minimum Gasteiger partial charge on any atom is -0.294 e. The van der Waals surface area contributed by atoms with Crippen LogP contribution < -0.4 is 0 Å². The summed E-state index contributed by atoms with van der Waals surface area (Å²) >= 11 is 0. The van der Waals surface area contributed by atoms with Gasteiger partial charge in [-0.15, -0.1) is 0 Å². The summed E-state index contributed by atoms with van der Waals surface area (Å²) in [5.74, 6) is 0.140. The average molecular weight is 209 g/mol. The fraction of sp³-hybridized carbons (Fsp3) is 0.143. The zero-order valence-electron chi connectivity index (χ0n) is 8.81. The molecule has 1 spiro atoms. The van der Waals surface area contributed by atoms with Gasteiger partial charge < -0.3 is 0 Å². The SMILES string of the molecule is C=CC1=CC2=NC=C3C=CC=CC32CC1=O. The molecule has 2 aliphatic carbocycles. The van der Waals surface area contributed by atoms with Crippen molar-refractivity contribution >= 4 is 11.5 Å². The van der Waals surface area contributed by atoms with E-state index in [2.05, 4.69) is 17.6 Å². The summed E-state index contributed by atoms with van der Waals surface area (Å²) in [6.07, 6.45) is 13.8. The number of ketones is 1. The number of rotatable bonds is 1. The Kier molecular flexibility index (Phi) is 1.75. The normalized spacial score (nSPS) is 30.2. The summed E-state index contributed by atoms with van der Waals surface area (Å²) < 4.78 is 0. The van der Waals surface area contributed by atoms with E-state index < -0.39 is 0 Å². The second kappa shape index (κ2) is 3.01. The molecule has 2 nitrogen and oxygen atoms in total. The summed E-state index contributed by atoms with van der Waals surface area (Å²) in [7, 11) is 0. The predicted molar refractivity (Wildman–Crippen MR) is 64.1 cm³/mol. The van der Waals surface area contributed by atoms with Crippen molar-refractivity contribution < 1.29 is 4.79 Å². The second-order valence-corrected chi connectivity index (χ2v) is 4.19. The first-order valence-corrected chi connectivity index (χ1v) is 5.28. The van der Waals surface area contributed by atoms with Gasteiger partial charge in [0.15, 0.2) is 5.78 Å². The molecule has 0 radical (unpaired) electrons. The standard InChI is InChI=1S/C14H11NO/c1-2-10-7-13-14(8-12(10)16)6-4-3-5-11(14)9-15-13/h2-7,9H,1,8H2. The van der Waals surface area contributed by atoms with Crippen molar-refractivity contribution in [2.24, 2.45) is 10.4 Å². The van der Waals surface area contributed by atoms with Crippen LogP contribution in [0.2, 0.25) is 0 Å². The Balaban J connectivity index is 2.16. The lowest BCUT2D eigenvalue weighted by molar-refractivity contribution is -0.116. The Morgan fingerprint density at radius 1 is 1.44 bits per heavy atom. The summed E-state index contributed by atoms with van der Waals surface area (Å²) in [6, 6.07) is 0. The van der Waals surface area contributed by atoms with Crippen LogP contribution in [0.5, 0.6) is 0 Å². The van der Waals surface area contributed by atoms with E-state index in [0.29, 0.717) is 12.0 Å². The van der Waals surface area contributed by atoms with E-state index in [-0.39, 0.29) is 11.2 Å². The van der Waals surface area contributed by atoms with E-state index in [1.165, 1.54) is 0 Å². The Bertz CT molecular complexity index is 543. The summed E-state index contributed by atoms with van der Waals surface area (Å²) in [6.45, 7) is 3.66. The molecular formula is C14H11NO. The summed E-state index contributed by atoms with van der Waals surface area (Å²) in [5.41, 5.74) is 2.44. The number of hydrogen-bond acceptors (Lipinski definition) is 2. The zero-order valence-corrected chi connectivity index (χ0v) is 8.81. The van der Waals surface area contributed by atoms with Gasteiger partial charge in [0.05, 0.1) is 11.1 Å². The number of hydrogen-bond donors (Lipinski definition) is 0. The first kappa shape index (κ1) is 9.28. The van der Waals surface area contributed by atoms with Gasteiger partial charge in [-0.05, 0) is 11.6 Å². The predicted octanol–water partition coefficient (Wildman–Crippen LogP) is 2.52. The van der Waals surface area contributed by atoms with Gasteiger partial charge in [0.1, 0.15) is 0 Å². The third-order valence-electron chi connectivity index (χ3n) is 3.36. The molecule has 0 aromatic carbocycles. The van der Waals surface area contributed by atoms with Gasteiger partial charge in [-0.25, -0.2) is 0 Å². The molecule has 3 rings (SSSR count). The molecular weight excluding hydrogens is 198 g/mol. The van der Waals surface area contributed by atoms with Gasteiger partial charge in [0, 0.05) is 18.2 Å². The van der Waals surface area contributed by atoms with Crippen LogP contribution in [0.15, 0.2) is 65.4 Å². The lowest BCUT2D eigenvalue weighted by Gasteiger charge is -2.32. The van der Waals surface area contributed by atoms with Gasteiger partial charge in [-0.1, -0.05) is 37.0 Å². The number of aliphatic imine (C=N–C) groups is 1. The largest absolute Gasteiger partial charge is 0.294 e. The Hall–Kier alpha value is -1.96. The number of nitrogens with zero attached hydrogens (tertiary/aromatic N) is 1. The van der Waals surface area contributed by atoms with Crippen LogP contribution in [0.1, 0.15) is 6.42 Å². The van der Waals surface area contributed by atoms with Crippen molar-refractivity contribution in [2.45, 2.75) is 6.42 Å². The highest BCUT2D eigenvalue weighted by atomic mass is 16.1. The van der Waals surface area contributed by atoms with E-state index in [9.17, 15) is 4.79 Å². The van der Waals surface area contributed by atoms with Crippen molar-refractivity contribution in [1.82, 2.24) is 0 Å². The molecule has 0 bridgehead atoms. The second-order valence-electron chi connectivity index (χ2n) is 4.19. The first-order chi connectivity index (χ1) is 7.76. The molecule has 0 aromatic rings. The lowest BCUT2D eigenvalue weighted by Crippen LogP contribution is -2.35. The first-order valence-electron chi connectivity index (χ1n) is 5.28. The third kappa shape index (κ3) is 1.01. The number of allylic oxidation sites excluding steroid dienone is 8. The fourth-order valence-corrected chi connectivity index (χ4v) is 2.44. The molecule has 0 amide bonds. The Labute approximate surface area is 94.1 Å². The van der Waals surface area contributed by atoms with Gasteiger partial charge >= 0.3 is 0 Å². The third-order valence-corrected chi connectivity index (χ3v) is 3.36. The van der Waals surface area contributed by atoms with Crippen LogP contribution in [-0.2, 0) is 4.79 Å². The van der Waals surface area contributed by atoms with E-state index in [4.69, 9.17) is 0 Å². The molecule has 1 unspecified atom stereocenters. The topological polar surface area (TPSA) is 29.4 Å². The Morgan fingerprint density at radius 3 is 3.12 bits per heavy atom. The molecule has 0 saturated carbocycles. The highest BCUT2D eigenvalue weighted by Gasteiger charge is 2.43. The van der Waals surface area contributed by atoms with Crippen LogP contribution >= 0.6 is 0 Å². The molecule has 1 aliphatic heterocycles. The van der Waals surface area contributed by atoms with Crippen molar-refractivity contribution in [2.75, 3.05) is 0 Å². The van der Waals surface area contributed by atoms with Crippen LogP contribution in [0, 0.1) is 5.41 Å². The van der Waals surface area contributed by atoms with Gasteiger partial charge in [0.25, 0.3) is 0 Å². The van der Waals surface area contributed by atoms with E-state index in [0.717, 1.165) is 11.3 Å². The van der Waals surface area contributed by atoms with E-state index in [1.807, 2.05) is 30.5 Å². The molecule has 78 valence electrons. The smallest absolute Gasteiger partial charge is 0.164 e. The Morgan fingerprint density at radius 2 is 2.31 bits per heavy atom. The number of Topliss-reactive ketones (excluding diaryl/α,β-unsaturated/α-hetero) is 1. The molecule has 0 N–H and O–H groups in total. The zero-order chi connectivity index (χ0) is 11.2. The highest BCUT2D eigenvalue weighted by molar-refractivity contribution is 6.18. The fourth-order valence-electron chi connectivity index (χ4n) is 2.44. The molecule has 3 aliphatic rings. The van der Waals surface area contributed by atoms with Crippen molar-refractivity contribution in [3.8, 4) is 0 Å². The lowest BCUT2D eigenvalue weighted by atomic mass is 9.68. The quantitative estimate of drug-likeness (QED) is 0.652. The van der Waals surface area contributed by atoms with Crippen LogP contribution in [0.4, 0.5) is 0 Å². The molecule has 16 heavy (non-hydrogen) atoms. The van der Waals surface area contributed by atoms with Crippen molar-refractivity contribution in [1.29, 1.82) is 0 Å². The summed E-state index contributed by atoms with van der Waals surface area (Å²) in [4.78, 5) is 16.3. The average Bonchev–Trinajstić information content (AvgIpc) is 2.65. The van der Waals surface area contributed by atoms with Crippen molar-refractivity contribution in [3.63, 3.8) is 0 Å². The molecule has 0 aromatic heterocycles. The van der Waals surface area contributed by atoms with E-state index in [1.54, 1.807) is 6.08 Å². The van der Waals surface area contributed by atoms with Gasteiger partial charge in [-0.2, -0.15) is 0 Å². The molecule has 1 atom stereocenters. The maximum Gasteiger partial charge on any atom is 0.164 e. The maximum absolute atomic E-state index is 11.9. The van der Waals surface area contributed by atoms with Crippen LogP contribution in [0.25, 0.3) is 0 Å². The van der Waals surface area contributed by atoms with Crippen molar-refractivity contribution in [3.05, 3.63) is 60.4 Å². The van der Waals surface area contributed by atoms with Crippen LogP contribution in [-0.4, -0.2) is 11.5 Å². The molecule has 2 heteroatoms. The highest BCUT2D eigenvalue weighted by Crippen LogP contribution is 2.45. The minimum atomic E-state index is -0.293. The van der Waals surface area contributed by atoms with Gasteiger partial charge in [-0.3, -0.25) is 9.79 Å². The van der Waals surface area contributed by atoms with Gasteiger partial charge in [0.2, 0.25) is 0 Å². The number of carbonyl (C=O) groups excluding carboxylic acids is 1. The summed E-state index contributed by atoms with van der Waals surface area (Å²) in [5, 5.41) is 0. The minimum absolute atomic E-state index is 0.140. The maximum atomic E-state index is 11.9. The van der Waals surface area contributed by atoms with E-state index >= 15 is 0 Å². The number of carbonyl (C=O) groups is 1. The molecule has 0 saturated heterocycles. The van der Waals surface area contributed by atoms with Crippen LogP contribution in [0.3, 0.4) is 0 Å². The molecule has 0 fully saturated rings. The molecule has 1 heterocycles. The monoisotopic (exact) mass is 209 g/mol.